The van der Waals surface area contributed by atoms with Gasteiger partial charge < -0.3 is 4.57 Å². The summed E-state index contributed by atoms with van der Waals surface area (Å²) in [7, 11) is -2.84. The fourth-order valence-electron chi connectivity index (χ4n) is 3.24. The van der Waals surface area contributed by atoms with Crippen molar-refractivity contribution in [2.45, 2.75) is 17.9 Å². The van der Waals surface area contributed by atoms with Crippen molar-refractivity contribution >= 4 is 10.9 Å². The third-order valence-corrected chi connectivity index (χ3v) is 5.11. The van der Waals surface area contributed by atoms with E-state index in [1.54, 1.807) is 47.3 Å². The highest BCUT2D eigenvalue weighted by Crippen LogP contribution is 2.38. The fraction of sp³-hybridized carbons (Fsp3) is 0.312. The lowest BCUT2D eigenvalue weighted by Gasteiger charge is -2.41. The van der Waals surface area contributed by atoms with E-state index in [1.807, 2.05) is 0 Å². The van der Waals surface area contributed by atoms with Crippen molar-refractivity contribution in [3.05, 3.63) is 60.2 Å². The molecule has 1 aromatic carbocycles. The molecule has 0 saturated carbocycles. The van der Waals surface area contributed by atoms with Crippen LogP contribution in [0.1, 0.15) is 17.9 Å². The summed E-state index contributed by atoms with van der Waals surface area (Å²) >= 11 is 0. The van der Waals surface area contributed by atoms with E-state index in [2.05, 4.69) is 6.07 Å². The normalized spacial score (nSPS) is 25.3. The van der Waals surface area contributed by atoms with Gasteiger partial charge >= 0.3 is 0 Å². The van der Waals surface area contributed by atoms with E-state index in [4.69, 9.17) is 0 Å². The number of thiol groups is 1. The Kier molecular flexibility index (Phi) is 4.20. The number of nitriles is 1. The van der Waals surface area contributed by atoms with Crippen molar-refractivity contribution < 1.29 is 12.8 Å². The van der Waals surface area contributed by atoms with Crippen LogP contribution < -0.4 is 0 Å². The van der Waals surface area contributed by atoms with Crippen molar-refractivity contribution in [3.8, 4) is 6.07 Å². The van der Waals surface area contributed by atoms with Crippen LogP contribution in [0.2, 0.25) is 0 Å². The quantitative estimate of drug-likeness (QED) is 0.872. The van der Waals surface area contributed by atoms with Crippen molar-refractivity contribution in [2.75, 3.05) is 13.1 Å². The smallest absolute Gasteiger partial charge is 0.204 e. The Labute approximate surface area is 135 Å². The summed E-state index contributed by atoms with van der Waals surface area (Å²) in [6.07, 6.45) is 3.84. The summed E-state index contributed by atoms with van der Waals surface area (Å²) in [4.78, 5) is 0. The molecule has 2 atom stereocenters. The predicted octanol–water partition coefficient (Wildman–Crippen LogP) is 1.86. The van der Waals surface area contributed by atoms with Gasteiger partial charge in [0.25, 0.3) is 0 Å². The molecule has 1 aromatic heterocycles. The third-order valence-electron chi connectivity index (χ3n) is 4.34. The maximum atomic E-state index is 14.1. The first kappa shape index (κ1) is 15.7. The first-order chi connectivity index (χ1) is 11.1. The molecule has 0 amide bonds. The van der Waals surface area contributed by atoms with Crippen LogP contribution in [0.25, 0.3) is 0 Å². The zero-order valence-corrected chi connectivity index (χ0v) is 13.2. The highest BCUT2D eigenvalue weighted by molar-refractivity contribution is 7.69. The van der Waals surface area contributed by atoms with Crippen molar-refractivity contribution in [1.29, 1.82) is 5.26 Å². The Morgan fingerprint density at radius 3 is 2.52 bits per heavy atom. The Balaban J connectivity index is 2.06. The molecule has 0 aliphatic carbocycles. The average molecular weight is 333 g/mol. The van der Waals surface area contributed by atoms with Crippen molar-refractivity contribution in [2.24, 2.45) is 0 Å². The number of nitrogens with zero attached hydrogens (tertiary/aromatic N) is 3. The van der Waals surface area contributed by atoms with E-state index in [-0.39, 0.29) is 24.8 Å². The van der Waals surface area contributed by atoms with Crippen LogP contribution in [0.5, 0.6) is 0 Å². The molecule has 0 bridgehead atoms. The number of piperidine rings is 1. The molecule has 0 N–H and O–H groups in total. The summed E-state index contributed by atoms with van der Waals surface area (Å²) < 4.78 is 40.2. The van der Waals surface area contributed by atoms with Gasteiger partial charge in [-0.2, -0.15) is 5.26 Å². The fourth-order valence-corrected chi connectivity index (χ4v) is 3.92. The molecule has 1 saturated heterocycles. The van der Waals surface area contributed by atoms with Crippen molar-refractivity contribution in [3.63, 3.8) is 0 Å². The van der Waals surface area contributed by atoms with E-state index >= 15 is 0 Å². The van der Waals surface area contributed by atoms with Gasteiger partial charge in [0, 0.05) is 24.9 Å². The average Bonchev–Trinajstić information content (AvgIpc) is 3.10. The first-order valence-corrected chi connectivity index (χ1v) is 8.37. The van der Waals surface area contributed by atoms with E-state index in [9.17, 15) is 18.1 Å². The van der Waals surface area contributed by atoms with Gasteiger partial charge in [0.2, 0.25) is 10.9 Å². The van der Waals surface area contributed by atoms with Gasteiger partial charge in [-0.3, -0.25) is 0 Å². The molecular formula is C16H16FN3O2S. The minimum Gasteiger partial charge on any atom is -0.334 e. The van der Waals surface area contributed by atoms with Crippen LogP contribution in [0.3, 0.4) is 0 Å². The molecule has 1 aliphatic rings. The highest BCUT2D eigenvalue weighted by Gasteiger charge is 2.43. The largest absolute Gasteiger partial charge is 0.334 e. The number of aromatic nitrogens is 1. The Morgan fingerprint density at radius 1 is 1.22 bits per heavy atom. The molecule has 1 fully saturated rings. The maximum absolute atomic E-state index is 14.1. The number of benzene rings is 1. The number of halogens is 1. The molecule has 23 heavy (non-hydrogen) atoms. The van der Waals surface area contributed by atoms with E-state index in [0.29, 0.717) is 12.0 Å². The lowest BCUT2D eigenvalue weighted by atomic mass is 9.80. The lowest BCUT2D eigenvalue weighted by Crippen LogP contribution is -2.50. The molecule has 7 heteroatoms. The molecule has 0 spiro atoms. The van der Waals surface area contributed by atoms with Gasteiger partial charge in [0.1, 0.15) is 11.4 Å². The lowest BCUT2D eigenvalue weighted by molar-refractivity contribution is 0.187. The van der Waals surface area contributed by atoms with Gasteiger partial charge in [-0.1, -0.05) is 18.2 Å². The molecule has 2 heterocycles. The zero-order valence-electron chi connectivity index (χ0n) is 12.3. The van der Waals surface area contributed by atoms with Crippen LogP contribution in [0.4, 0.5) is 4.39 Å². The summed E-state index contributed by atoms with van der Waals surface area (Å²) in [6, 6.07) is 12.1. The number of rotatable bonds is 3. The zero-order chi connectivity index (χ0) is 16.4. The van der Waals surface area contributed by atoms with Crippen LogP contribution >= 0.6 is 0 Å². The van der Waals surface area contributed by atoms with Crippen LogP contribution in [-0.4, -0.2) is 30.4 Å². The Hall–Kier alpha value is -2.17. The van der Waals surface area contributed by atoms with Gasteiger partial charge in [-0.15, -0.1) is 0 Å². The van der Waals surface area contributed by atoms with E-state index in [1.165, 1.54) is 10.4 Å². The van der Waals surface area contributed by atoms with Crippen LogP contribution in [-0.2, 0) is 16.4 Å². The minimum absolute atomic E-state index is 0.0713. The molecule has 1 aliphatic heterocycles. The number of hydrogen-bond donors (Lipinski definition) is 1. The standard InChI is InChI=1S/C16H16FN3O2S/c17-15-6-2-1-5-14(15)13-9-16(11-18,19-7-3-4-8-19)12-20(10-13)23(21)22/h1-8,13,23H,9-10,12H2. The van der Waals surface area contributed by atoms with E-state index in [0.717, 1.165) is 0 Å². The predicted molar refractivity (Wildman–Crippen MR) is 83.7 cm³/mol. The molecule has 5 nitrogen and oxygen atoms in total. The van der Waals surface area contributed by atoms with Crippen molar-refractivity contribution in [1.82, 2.24) is 8.87 Å². The van der Waals surface area contributed by atoms with Crippen LogP contribution in [0, 0.1) is 17.1 Å². The molecule has 2 aromatic rings. The maximum Gasteiger partial charge on any atom is 0.204 e. The monoisotopic (exact) mass is 333 g/mol. The molecule has 0 radical (unpaired) electrons. The molecular weight excluding hydrogens is 317 g/mol. The molecule has 3 rings (SSSR count). The molecule has 120 valence electrons. The van der Waals surface area contributed by atoms with Gasteiger partial charge in [-0.25, -0.2) is 17.1 Å². The SMILES string of the molecule is N#CC1(n2cccc2)CC(c2ccccc2F)CN([SH](=O)=O)C1. The van der Waals surface area contributed by atoms with Gasteiger partial charge in [0.05, 0.1) is 12.6 Å². The molecule has 2 unspecified atom stereocenters. The minimum atomic E-state index is -2.84. The van der Waals surface area contributed by atoms with Gasteiger partial charge in [0.15, 0.2) is 0 Å². The third kappa shape index (κ3) is 2.87. The topological polar surface area (TPSA) is 66.1 Å². The summed E-state index contributed by atoms with van der Waals surface area (Å²) in [5, 5.41) is 9.76. The summed E-state index contributed by atoms with van der Waals surface area (Å²) in [5.41, 5.74) is -0.592. The second-order valence-electron chi connectivity index (χ2n) is 5.74. The Morgan fingerprint density at radius 2 is 1.91 bits per heavy atom. The first-order valence-electron chi connectivity index (χ1n) is 7.24. The van der Waals surface area contributed by atoms with Crippen LogP contribution in [0.15, 0.2) is 48.8 Å². The summed E-state index contributed by atoms with van der Waals surface area (Å²) in [5.74, 6) is -0.750. The summed E-state index contributed by atoms with van der Waals surface area (Å²) in [6.45, 7) is 0.256. The van der Waals surface area contributed by atoms with E-state index < -0.39 is 16.4 Å². The second-order valence-corrected chi connectivity index (χ2v) is 6.78. The highest BCUT2D eigenvalue weighted by atomic mass is 32.2. The second kappa shape index (κ2) is 6.14. The van der Waals surface area contributed by atoms with Gasteiger partial charge in [-0.05, 0) is 30.2 Å². The Bertz CT molecular complexity index is 805. The number of hydrogen-bond acceptors (Lipinski definition) is 3.